The molecule has 0 saturated carbocycles. The van der Waals surface area contributed by atoms with Crippen LogP contribution in [0.4, 0.5) is 5.69 Å². The average molecular weight is 376 g/mol. The molecule has 0 aliphatic carbocycles. The van der Waals surface area contributed by atoms with E-state index in [0.29, 0.717) is 37.8 Å². The number of benzene rings is 1. The second kappa shape index (κ2) is 7.86. The fourth-order valence-corrected chi connectivity index (χ4v) is 3.94. The third-order valence-corrected chi connectivity index (χ3v) is 5.80. The highest BCUT2D eigenvalue weighted by molar-refractivity contribution is 7.89. The molecule has 26 heavy (non-hydrogen) atoms. The first-order valence-corrected chi connectivity index (χ1v) is 9.63. The Morgan fingerprint density at radius 3 is 2.42 bits per heavy atom. The van der Waals surface area contributed by atoms with Gasteiger partial charge in [-0.25, -0.2) is 8.42 Å². The molecule has 0 unspecified atom stereocenters. The number of hydrogen-bond donors (Lipinski definition) is 1. The monoisotopic (exact) mass is 376 g/mol. The molecule has 138 valence electrons. The number of nitrogens with one attached hydrogen (secondary N) is 1. The lowest BCUT2D eigenvalue weighted by Gasteiger charge is -2.26. The van der Waals surface area contributed by atoms with Crippen molar-refractivity contribution in [3.63, 3.8) is 0 Å². The van der Waals surface area contributed by atoms with Crippen molar-refractivity contribution in [1.29, 1.82) is 0 Å². The molecule has 1 aliphatic rings. The number of morpholine rings is 1. The van der Waals surface area contributed by atoms with Gasteiger partial charge >= 0.3 is 0 Å². The SMILES string of the molecule is Cc1ccc(C=CC(=O)Nc2ccc(S(=O)(=O)N3CCOCC3)cc2)o1. The van der Waals surface area contributed by atoms with Crippen LogP contribution < -0.4 is 5.32 Å². The molecule has 3 rings (SSSR count). The fraction of sp³-hybridized carbons (Fsp3) is 0.278. The predicted molar refractivity (Wildman–Crippen MR) is 97.1 cm³/mol. The number of nitrogens with zero attached hydrogens (tertiary/aromatic N) is 1. The number of aryl methyl sites for hydroxylation is 1. The summed E-state index contributed by atoms with van der Waals surface area (Å²) in [7, 11) is -3.54. The van der Waals surface area contributed by atoms with Crippen LogP contribution in [0, 0.1) is 6.92 Å². The third-order valence-electron chi connectivity index (χ3n) is 3.89. The summed E-state index contributed by atoms with van der Waals surface area (Å²) in [5.74, 6) is 1.02. The lowest BCUT2D eigenvalue weighted by molar-refractivity contribution is -0.111. The maximum absolute atomic E-state index is 12.5. The van der Waals surface area contributed by atoms with E-state index in [1.54, 1.807) is 24.3 Å². The Morgan fingerprint density at radius 1 is 1.12 bits per heavy atom. The number of hydrogen-bond acceptors (Lipinski definition) is 5. The molecule has 1 fully saturated rings. The number of carbonyl (C=O) groups is 1. The Kier molecular flexibility index (Phi) is 5.55. The van der Waals surface area contributed by atoms with Crippen molar-refractivity contribution in [3.05, 3.63) is 54.0 Å². The zero-order valence-electron chi connectivity index (χ0n) is 14.3. The minimum atomic E-state index is -3.54. The van der Waals surface area contributed by atoms with E-state index < -0.39 is 10.0 Å². The van der Waals surface area contributed by atoms with Gasteiger partial charge in [0.2, 0.25) is 15.9 Å². The summed E-state index contributed by atoms with van der Waals surface area (Å²) >= 11 is 0. The molecule has 1 aromatic heterocycles. The molecule has 8 heteroatoms. The topological polar surface area (TPSA) is 88.9 Å². The Labute approximate surface area is 152 Å². The molecule has 1 saturated heterocycles. The van der Waals surface area contributed by atoms with Gasteiger partial charge in [0.15, 0.2) is 0 Å². The number of rotatable bonds is 5. The highest BCUT2D eigenvalue weighted by Gasteiger charge is 2.26. The van der Waals surface area contributed by atoms with Crippen molar-refractivity contribution >= 4 is 27.7 Å². The van der Waals surface area contributed by atoms with Gasteiger partial charge in [-0.15, -0.1) is 0 Å². The van der Waals surface area contributed by atoms with E-state index in [1.165, 1.54) is 22.5 Å². The van der Waals surface area contributed by atoms with Crippen LogP contribution in [0.1, 0.15) is 11.5 Å². The normalized spacial score (nSPS) is 16.0. The van der Waals surface area contributed by atoms with Gasteiger partial charge in [-0.2, -0.15) is 4.31 Å². The van der Waals surface area contributed by atoms with Gasteiger partial charge in [0.25, 0.3) is 0 Å². The molecular weight excluding hydrogens is 356 g/mol. The Balaban J connectivity index is 1.63. The quantitative estimate of drug-likeness (QED) is 0.809. The van der Waals surface area contributed by atoms with Crippen LogP contribution in [0.2, 0.25) is 0 Å². The van der Waals surface area contributed by atoms with Gasteiger partial charge in [0.05, 0.1) is 18.1 Å². The van der Waals surface area contributed by atoms with Gasteiger partial charge in [0, 0.05) is 24.9 Å². The minimum Gasteiger partial charge on any atom is -0.462 e. The number of amides is 1. The zero-order valence-corrected chi connectivity index (χ0v) is 15.2. The van der Waals surface area contributed by atoms with E-state index in [4.69, 9.17) is 9.15 Å². The van der Waals surface area contributed by atoms with E-state index in [0.717, 1.165) is 5.76 Å². The van der Waals surface area contributed by atoms with Crippen molar-refractivity contribution in [2.75, 3.05) is 31.6 Å². The van der Waals surface area contributed by atoms with Crippen LogP contribution >= 0.6 is 0 Å². The molecule has 2 heterocycles. The smallest absolute Gasteiger partial charge is 0.248 e. The summed E-state index contributed by atoms with van der Waals surface area (Å²) in [5.41, 5.74) is 0.510. The number of carbonyl (C=O) groups excluding carboxylic acids is 1. The minimum absolute atomic E-state index is 0.194. The summed E-state index contributed by atoms with van der Waals surface area (Å²) in [6, 6.07) is 9.68. The van der Waals surface area contributed by atoms with Gasteiger partial charge in [-0.05, 0) is 49.4 Å². The molecule has 1 aliphatic heterocycles. The Bertz CT molecular complexity index is 894. The van der Waals surface area contributed by atoms with Crippen LogP contribution in [0.5, 0.6) is 0 Å². The van der Waals surface area contributed by atoms with Crippen molar-refractivity contribution < 1.29 is 22.4 Å². The summed E-state index contributed by atoms with van der Waals surface area (Å²) in [6.07, 6.45) is 2.93. The summed E-state index contributed by atoms with van der Waals surface area (Å²) in [4.78, 5) is 12.1. The molecule has 0 bridgehead atoms. The molecule has 0 atom stereocenters. The van der Waals surface area contributed by atoms with Crippen molar-refractivity contribution in [2.45, 2.75) is 11.8 Å². The van der Waals surface area contributed by atoms with Crippen molar-refractivity contribution in [1.82, 2.24) is 4.31 Å². The van der Waals surface area contributed by atoms with Crippen LogP contribution in [0.3, 0.4) is 0 Å². The molecule has 1 aromatic carbocycles. The molecule has 1 amide bonds. The van der Waals surface area contributed by atoms with E-state index in [1.807, 2.05) is 13.0 Å². The summed E-state index contributed by atoms with van der Waals surface area (Å²) in [5, 5.41) is 2.68. The molecule has 2 aromatic rings. The Hall–Kier alpha value is -2.42. The van der Waals surface area contributed by atoms with Crippen LogP contribution in [0.25, 0.3) is 6.08 Å². The van der Waals surface area contributed by atoms with E-state index >= 15 is 0 Å². The molecule has 0 spiro atoms. The van der Waals surface area contributed by atoms with Crippen molar-refractivity contribution in [3.8, 4) is 0 Å². The van der Waals surface area contributed by atoms with Gasteiger partial charge in [-0.1, -0.05) is 0 Å². The summed E-state index contributed by atoms with van der Waals surface area (Å²) < 4.78 is 37.0. The molecule has 7 nitrogen and oxygen atoms in total. The van der Waals surface area contributed by atoms with Gasteiger partial charge in [0.1, 0.15) is 11.5 Å². The maximum Gasteiger partial charge on any atom is 0.248 e. The second-order valence-corrected chi connectivity index (χ2v) is 7.75. The lowest BCUT2D eigenvalue weighted by atomic mass is 10.3. The average Bonchev–Trinajstić information content (AvgIpc) is 3.06. The molecule has 1 N–H and O–H groups in total. The van der Waals surface area contributed by atoms with E-state index in [2.05, 4.69) is 5.32 Å². The number of ether oxygens (including phenoxy) is 1. The van der Waals surface area contributed by atoms with Gasteiger partial charge in [-0.3, -0.25) is 4.79 Å². The number of sulfonamides is 1. The standard InChI is InChI=1S/C18H20N2O5S/c1-14-2-5-16(25-14)6-9-18(21)19-15-3-7-17(8-4-15)26(22,23)20-10-12-24-13-11-20/h2-9H,10-13H2,1H3,(H,19,21). The first-order chi connectivity index (χ1) is 12.4. The first kappa shape index (κ1) is 18.4. The fourth-order valence-electron chi connectivity index (χ4n) is 2.53. The van der Waals surface area contributed by atoms with Crippen LogP contribution in [-0.2, 0) is 19.6 Å². The molecular formula is C18H20N2O5S. The van der Waals surface area contributed by atoms with Crippen LogP contribution in [-0.4, -0.2) is 44.9 Å². The zero-order chi connectivity index (χ0) is 18.6. The van der Waals surface area contributed by atoms with Crippen LogP contribution in [0.15, 0.2) is 51.8 Å². The van der Waals surface area contributed by atoms with Gasteiger partial charge < -0.3 is 14.5 Å². The highest BCUT2D eigenvalue weighted by atomic mass is 32.2. The Morgan fingerprint density at radius 2 is 1.81 bits per heavy atom. The third kappa shape index (κ3) is 4.40. The van der Waals surface area contributed by atoms with E-state index in [-0.39, 0.29) is 10.8 Å². The number of furan rings is 1. The lowest BCUT2D eigenvalue weighted by Crippen LogP contribution is -2.40. The largest absolute Gasteiger partial charge is 0.462 e. The predicted octanol–water partition coefficient (Wildman–Crippen LogP) is 2.26. The highest BCUT2D eigenvalue weighted by Crippen LogP contribution is 2.19. The number of anilines is 1. The van der Waals surface area contributed by atoms with E-state index in [9.17, 15) is 13.2 Å². The molecule has 0 radical (unpaired) electrons. The first-order valence-electron chi connectivity index (χ1n) is 8.18. The van der Waals surface area contributed by atoms with Crippen molar-refractivity contribution in [2.24, 2.45) is 0 Å². The second-order valence-electron chi connectivity index (χ2n) is 5.81. The summed E-state index contributed by atoms with van der Waals surface area (Å²) in [6.45, 7) is 3.31. The maximum atomic E-state index is 12.5.